The summed E-state index contributed by atoms with van der Waals surface area (Å²) in [7, 11) is 1.70. The molecular formula is C14H20BrNOS. The lowest BCUT2D eigenvalue weighted by Gasteiger charge is -2.35. The fourth-order valence-corrected chi connectivity index (χ4v) is 4.10. The molecule has 1 saturated heterocycles. The number of methoxy groups -OCH3 is 1. The molecule has 0 saturated carbocycles. The second kappa shape index (κ2) is 5.74. The number of hydrogen-bond donors (Lipinski definition) is 1. The van der Waals surface area contributed by atoms with E-state index in [1.54, 1.807) is 7.11 Å². The van der Waals surface area contributed by atoms with E-state index in [1.807, 2.05) is 17.8 Å². The maximum Gasteiger partial charge on any atom is 0.122 e. The summed E-state index contributed by atoms with van der Waals surface area (Å²) in [4.78, 5) is 0. The summed E-state index contributed by atoms with van der Waals surface area (Å²) in [6, 6.07) is 6.68. The normalized spacial score (nSPS) is 22.6. The highest BCUT2D eigenvalue weighted by Crippen LogP contribution is 2.35. The van der Waals surface area contributed by atoms with Crippen LogP contribution in [0, 0.1) is 5.41 Å². The van der Waals surface area contributed by atoms with Crippen LogP contribution < -0.4 is 10.1 Å². The van der Waals surface area contributed by atoms with E-state index in [4.69, 9.17) is 4.74 Å². The molecule has 0 bridgehead atoms. The van der Waals surface area contributed by atoms with Crippen molar-refractivity contribution in [3.63, 3.8) is 0 Å². The van der Waals surface area contributed by atoms with E-state index in [0.29, 0.717) is 11.5 Å². The summed E-state index contributed by atoms with van der Waals surface area (Å²) in [6.07, 6.45) is 1.22. The first kappa shape index (κ1) is 14.1. The molecule has 1 unspecified atom stereocenters. The first-order valence-electron chi connectivity index (χ1n) is 6.17. The van der Waals surface area contributed by atoms with Gasteiger partial charge in [-0.3, -0.25) is 0 Å². The van der Waals surface area contributed by atoms with Gasteiger partial charge in [0.2, 0.25) is 0 Å². The average Bonchev–Trinajstić information content (AvgIpc) is 2.26. The number of ether oxygens (including phenoxy) is 1. The van der Waals surface area contributed by atoms with Gasteiger partial charge >= 0.3 is 0 Å². The fourth-order valence-electron chi connectivity index (χ4n) is 2.35. The van der Waals surface area contributed by atoms with Crippen molar-refractivity contribution in [3.8, 4) is 5.75 Å². The van der Waals surface area contributed by atoms with Crippen molar-refractivity contribution in [2.75, 3.05) is 23.9 Å². The highest BCUT2D eigenvalue weighted by atomic mass is 79.9. The summed E-state index contributed by atoms with van der Waals surface area (Å²) in [6.45, 7) is 4.69. The van der Waals surface area contributed by atoms with E-state index in [9.17, 15) is 0 Å². The quantitative estimate of drug-likeness (QED) is 0.887. The van der Waals surface area contributed by atoms with Crippen molar-refractivity contribution >= 4 is 33.4 Å². The Hall–Kier alpha value is -0.350. The minimum absolute atomic E-state index is 0.427. The standard InChI is InChI=1S/C14H20BrNOS/c1-14(2)7-12(8-18-9-14)16-11-4-10(15)5-13(6-11)17-3/h4-6,12,16H,7-9H2,1-3H3. The summed E-state index contributed by atoms with van der Waals surface area (Å²) in [5.41, 5.74) is 1.56. The minimum atomic E-state index is 0.427. The Balaban J connectivity index is 2.07. The highest BCUT2D eigenvalue weighted by Gasteiger charge is 2.28. The van der Waals surface area contributed by atoms with E-state index < -0.39 is 0 Å². The fraction of sp³-hybridized carbons (Fsp3) is 0.571. The molecule has 1 aliphatic rings. The van der Waals surface area contributed by atoms with Gasteiger partial charge in [0.25, 0.3) is 0 Å². The van der Waals surface area contributed by atoms with Crippen molar-refractivity contribution in [2.24, 2.45) is 5.41 Å². The number of thioether (sulfide) groups is 1. The van der Waals surface area contributed by atoms with Crippen molar-refractivity contribution < 1.29 is 4.74 Å². The van der Waals surface area contributed by atoms with Gasteiger partial charge in [-0.1, -0.05) is 29.8 Å². The third kappa shape index (κ3) is 3.82. The Morgan fingerprint density at radius 2 is 2.17 bits per heavy atom. The number of nitrogens with one attached hydrogen (secondary N) is 1. The van der Waals surface area contributed by atoms with E-state index in [-0.39, 0.29) is 0 Å². The minimum Gasteiger partial charge on any atom is -0.497 e. The highest BCUT2D eigenvalue weighted by molar-refractivity contribution is 9.10. The summed E-state index contributed by atoms with van der Waals surface area (Å²) < 4.78 is 6.34. The van der Waals surface area contributed by atoms with Crippen LogP contribution in [0.3, 0.4) is 0 Å². The number of rotatable bonds is 3. The van der Waals surface area contributed by atoms with Crippen molar-refractivity contribution in [1.82, 2.24) is 0 Å². The molecule has 0 spiro atoms. The van der Waals surface area contributed by atoms with Crippen LogP contribution in [0.25, 0.3) is 0 Å². The van der Waals surface area contributed by atoms with Crippen molar-refractivity contribution in [2.45, 2.75) is 26.3 Å². The smallest absolute Gasteiger partial charge is 0.122 e. The molecule has 0 amide bonds. The summed E-state index contributed by atoms with van der Waals surface area (Å²) in [5.74, 6) is 3.32. The molecule has 1 aliphatic heterocycles. The van der Waals surface area contributed by atoms with Crippen LogP contribution >= 0.6 is 27.7 Å². The van der Waals surface area contributed by atoms with Crippen molar-refractivity contribution in [3.05, 3.63) is 22.7 Å². The van der Waals surface area contributed by atoms with Crippen LogP contribution in [0.1, 0.15) is 20.3 Å². The van der Waals surface area contributed by atoms with Gasteiger partial charge in [-0.25, -0.2) is 0 Å². The van der Waals surface area contributed by atoms with Gasteiger partial charge in [0.15, 0.2) is 0 Å². The molecule has 1 aromatic carbocycles. The molecular weight excluding hydrogens is 310 g/mol. The molecule has 1 atom stereocenters. The molecule has 0 radical (unpaired) electrons. The van der Waals surface area contributed by atoms with Gasteiger partial charge < -0.3 is 10.1 Å². The van der Waals surface area contributed by atoms with Gasteiger partial charge in [-0.2, -0.15) is 11.8 Å². The van der Waals surface area contributed by atoms with Gasteiger partial charge in [-0.05, 0) is 29.7 Å². The molecule has 2 rings (SSSR count). The van der Waals surface area contributed by atoms with E-state index >= 15 is 0 Å². The van der Waals surface area contributed by atoms with Crippen molar-refractivity contribution in [1.29, 1.82) is 0 Å². The second-order valence-electron chi connectivity index (χ2n) is 5.60. The van der Waals surface area contributed by atoms with E-state index in [1.165, 1.54) is 17.9 Å². The number of benzene rings is 1. The second-order valence-corrected chi connectivity index (χ2v) is 7.55. The maximum atomic E-state index is 5.29. The van der Waals surface area contributed by atoms with Crippen LogP contribution in [0.4, 0.5) is 5.69 Å². The van der Waals surface area contributed by atoms with Gasteiger partial charge in [-0.15, -0.1) is 0 Å². The zero-order chi connectivity index (χ0) is 13.2. The molecule has 2 nitrogen and oxygen atoms in total. The lowest BCUT2D eigenvalue weighted by molar-refractivity contribution is 0.358. The molecule has 1 N–H and O–H groups in total. The SMILES string of the molecule is COc1cc(Br)cc(NC2CSCC(C)(C)C2)c1. The number of halogens is 1. The molecule has 0 aliphatic carbocycles. The van der Waals surface area contributed by atoms with Crippen LogP contribution in [0.5, 0.6) is 5.75 Å². The Morgan fingerprint density at radius 3 is 2.83 bits per heavy atom. The first-order chi connectivity index (χ1) is 8.48. The summed E-state index contributed by atoms with van der Waals surface area (Å²) in [5, 5.41) is 3.62. The third-order valence-electron chi connectivity index (χ3n) is 3.09. The van der Waals surface area contributed by atoms with E-state index in [2.05, 4.69) is 47.2 Å². The van der Waals surface area contributed by atoms with Gasteiger partial charge in [0, 0.05) is 28.0 Å². The Kier molecular flexibility index (Phi) is 4.49. The largest absolute Gasteiger partial charge is 0.497 e. The predicted molar refractivity (Wildman–Crippen MR) is 83.8 cm³/mol. The topological polar surface area (TPSA) is 21.3 Å². The molecule has 1 aromatic rings. The Morgan fingerprint density at radius 1 is 1.39 bits per heavy atom. The third-order valence-corrected chi connectivity index (χ3v) is 5.17. The molecule has 1 fully saturated rings. The zero-order valence-electron chi connectivity index (χ0n) is 11.1. The molecule has 18 heavy (non-hydrogen) atoms. The zero-order valence-corrected chi connectivity index (χ0v) is 13.5. The van der Waals surface area contributed by atoms with Crippen LogP contribution in [-0.2, 0) is 0 Å². The molecule has 4 heteroatoms. The Bertz CT molecular complexity index is 422. The maximum absolute atomic E-state index is 5.29. The van der Waals surface area contributed by atoms with Gasteiger partial charge in [0.05, 0.1) is 7.11 Å². The summed E-state index contributed by atoms with van der Waals surface area (Å²) >= 11 is 5.55. The molecule has 0 aromatic heterocycles. The number of hydrogen-bond acceptors (Lipinski definition) is 3. The number of anilines is 1. The molecule has 1 heterocycles. The van der Waals surface area contributed by atoms with Crippen LogP contribution in [0.15, 0.2) is 22.7 Å². The van der Waals surface area contributed by atoms with Crippen LogP contribution in [0.2, 0.25) is 0 Å². The average molecular weight is 330 g/mol. The van der Waals surface area contributed by atoms with Gasteiger partial charge in [0.1, 0.15) is 5.75 Å². The lowest BCUT2D eigenvalue weighted by Crippen LogP contribution is -2.35. The monoisotopic (exact) mass is 329 g/mol. The first-order valence-corrected chi connectivity index (χ1v) is 8.12. The Labute approximate surface area is 122 Å². The van der Waals surface area contributed by atoms with Crippen LogP contribution in [-0.4, -0.2) is 24.7 Å². The predicted octanol–water partition coefficient (Wildman–Crippen LogP) is 4.40. The molecule has 100 valence electrons. The lowest BCUT2D eigenvalue weighted by atomic mass is 9.88. The van der Waals surface area contributed by atoms with E-state index in [0.717, 1.165) is 15.9 Å².